The molecule has 0 atom stereocenters. The van der Waals surface area contributed by atoms with Crippen molar-refractivity contribution in [1.29, 1.82) is 0 Å². The zero-order chi connectivity index (χ0) is 10.1. The lowest BCUT2D eigenvalue weighted by Crippen LogP contribution is -1.86. The van der Waals surface area contributed by atoms with Crippen LogP contribution in [0.5, 0.6) is 5.88 Å². The molecule has 0 spiro atoms. The van der Waals surface area contributed by atoms with E-state index in [1.165, 1.54) is 19.2 Å². The molecule has 0 aliphatic heterocycles. The number of hydrogen-bond donors (Lipinski definition) is 1. The second-order valence-electron chi connectivity index (χ2n) is 2.88. The fourth-order valence-corrected chi connectivity index (χ4v) is 1.44. The first kappa shape index (κ1) is 8.74. The van der Waals surface area contributed by atoms with E-state index >= 15 is 0 Å². The van der Waals surface area contributed by atoms with Crippen LogP contribution in [0.4, 0.5) is 4.39 Å². The van der Waals surface area contributed by atoms with Gasteiger partial charge in [0.15, 0.2) is 6.29 Å². The Morgan fingerprint density at radius 2 is 2.29 bits per heavy atom. The van der Waals surface area contributed by atoms with E-state index in [2.05, 4.69) is 4.98 Å². The Balaban J connectivity index is 2.81. The minimum Gasteiger partial charge on any atom is -0.482 e. The van der Waals surface area contributed by atoms with Crippen molar-refractivity contribution < 1.29 is 13.9 Å². The highest BCUT2D eigenvalue weighted by atomic mass is 19.1. The van der Waals surface area contributed by atoms with Gasteiger partial charge in [-0.15, -0.1) is 0 Å². The van der Waals surface area contributed by atoms with E-state index in [-0.39, 0.29) is 5.82 Å². The van der Waals surface area contributed by atoms with Crippen LogP contribution in [0.3, 0.4) is 0 Å². The highest BCUT2D eigenvalue weighted by Crippen LogP contribution is 2.26. The number of hydrogen-bond acceptors (Lipinski definition) is 2. The fraction of sp³-hybridized carbons (Fsp3) is 0.100. The number of aldehydes is 1. The van der Waals surface area contributed by atoms with Crippen molar-refractivity contribution in [1.82, 2.24) is 4.98 Å². The van der Waals surface area contributed by atoms with Crippen LogP contribution in [0.25, 0.3) is 10.9 Å². The van der Waals surface area contributed by atoms with Gasteiger partial charge in [0.05, 0.1) is 12.7 Å². The van der Waals surface area contributed by atoms with E-state index < -0.39 is 0 Å². The summed E-state index contributed by atoms with van der Waals surface area (Å²) in [5.41, 5.74) is 1.03. The number of rotatable bonds is 2. The fourth-order valence-electron chi connectivity index (χ4n) is 1.44. The Bertz CT molecular complexity index is 490. The van der Waals surface area contributed by atoms with Crippen LogP contribution in [0.1, 0.15) is 10.4 Å². The van der Waals surface area contributed by atoms with Gasteiger partial charge in [0.2, 0.25) is 5.88 Å². The molecular formula is C10H8FNO2. The monoisotopic (exact) mass is 193 g/mol. The number of fused-ring (bicyclic) bond motifs is 1. The average molecular weight is 193 g/mol. The molecule has 1 aromatic carbocycles. The molecule has 4 heteroatoms. The molecule has 1 heterocycles. The van der Waals surface area contributed by atoms with Crippen molar-refractivity contribution in [2.24, 2.45) is 0 Å². The lowest BCUT2D eigenvalue weighted by Gasteiger charge is -1.93. The van der Waals surface area contributed by atoms with Gasteiger partial charge in [-0.05, 0) is 18.2 Å². The van der Waals surface area contributed by atoms with Crippen molar-refractivity contribution in [2.45, 2.75) is 0 Å². The van der Waals surface area contributed by atoms with Crippen LogP contribution < -0.4 is 4.74 Å². The lowest BCUT2D eigenvalue weighted by molar-refractivity contribution is 0.112. The van der Waals surface area contributed by atoms with Gasteiger partial charge >= 0.3 is 0 Å². The van der Waals surface area contributed by atoms with Gasteiger partial charge in [-0.3, -0.25) is 4.79 Å². The summed E-state index contributed by atoms with van der Waals surface area (Å²) in [5, 5.41) is 0.539. The highest BCUT2D eigenvalue weighted by molar-refractivity contribution is 6.00. The molecule has 0 saturated carbocycles. The van der Waals surface area contributed by atoms with E-state index in [0.29, 0.717) is 28.6 Å². The smallest absolute Gasteiger partial charge is 0.202 e. The molecular weight excluding hydrogens is 185 g/mol. The van der Waals surface area contributed by atoms with E-state index in [1.54, 1.807) is 6.07 Å². The normalized spacial score (nSPS) is 10.4. The molecule has 14 heavy (non-hydrogen) atoms. The molecule has 0 radical (unpaired) electrons. The van der Waals surface area contributed by atoms with Gasteiger partial charge in [-0.1, -0.05) is 0 Å². The van der Waals surface area contributed by atoms with E-state index in [1.807, 2.05) is 0 Å². The topological polar surface area (TPSA) is 42.1 Å². The van der Waals surface area contributed by atoms with Gasteiger partial charge in [0, 0.05) is 10.9 Å². The maximum absolute atomic E-state index is 12.9. The third-order valence-corrected chi connectivity index (χ3v) is 2.09. The van der Waals surface area contributed by atoms with Crippen molar-refractivity contribution >= 4 is 17.2 Å². The maximum Gasteiger partial charge on any atom is 0.202 e. The van der Waals surface area contributed by atoms with Crippen LogP contribution in [-0.2, 0) is 0 Å². The van der Waals surface area contributed by atoms with E-state index in [9.17, 15) is 9.18 Å². The number of nitrogens with one attached hydrogen (secondary N) is 1. The number of carbonyl (C=O) groups excluding carboxylic acids is 1. The van der Waals surface area contributed by atoms with Crippen LogP contribution in [0.15, 0.2) is 18.2 Å². The van der Waals surface area contributed by atoms with Gasteiger partial charge < -0.3 is 9.72 Å². The van der Waals surface area contributed by atoms with Crippen molar-refractivity contribution in [2.75, 3.05) is 7.11 Å². The summed E-state index contributed by atoms with van der Waals surface area (Å²) < 4.78 is 17.8. The number of halogens is 1. The Kier molecular flexibility index (Phi) is 1.96. The van der Waals surface area contributed by atoms with Crippen molar-refractivity contribution in [3.8, 4) is 5.88 Å². The molecule has 1 aromatic heterocycles. The molecule has 0 aliphatic rings. The number of ether oxygens (including phenoxy) is 1. The number of methoxy groups -OCH3 is 1. The first-order valence-electron chi connectivity index (χ1n) is 4.06. The average Bonchev–Trinajstić information content (AvgIpc) is 2.54. The zero-order valence-corrected chi connectivity index (χ0v) is 7.50. The minimum atomic E-state index is -0.373. The second kappa shape index (κ2) is 3.14. The molecule has 72 valence electrons. The van der Waals surface area contributed by atoms with Crippen LogP contribution >= 0.6 is 0 Å². The predicted octanol–water partition coefficient (Wildman–Crippen LogP) is 2.13. The molecule has 0 aliphatic carbocycles. The summed E-state index contributed by atoms with van der Waals surface area (Å²) >= 11 is 0. The summed E-state index contributed by atoms with van der Waals surface area (Å²) in [6.45, 7) is 0. The van der Waals surface area contributed by atoms with Gasteiger partial charge in [0.1, 0.15) is 5.82 Å². The Morgan fingerprint density at radius 3 is 2.93 bits per heavy atom. The summed E-state index contributed by atoms with van der Waals surface area (Å²) in [5.74, 6) is -0.0112. The second-order valence-corrected chi connectivity index (χ2v) is 2.88. The SMILES string of the molecule is COc1[nH]c2ccc(F)cc2c1C=O. The molecule has 0 amide bonds. The van der Waals surface area contributed by atoms with Gasteiger partial charge in [0.25, 0.3) is 0 Å². The summed E-state index contributed by atoms with van der Waals surface area (Å²) in [7, 11) is 1.45. The molecule has 0 unspecified atom stereocenters. The van der Waals surface area contributed by atoms with Crippen LogP contribution in [0.2, 0.25) is 0 Å². The van der Waals surface area contributed by atoms with Crippen molar-refractivity contribution in [3.63, 3.8) is 0 Å². The molecule has 3 nitrogen and oxygen atoms in total. The number of aromatic amines is 1. The lowest BCUT2D eigenvalue weighted by atomic mass is 10.2. The maximum atomic E-state index is 12.9. The summed E-state index contributed by atoms with van der Waals surface area (Å²) in [6.07, 6.45) is 0.650. The molecule has 2 aromatic rings. The van der Waals surface area contributed by atoms with Crippen LogP contribution in [0, 0.1) is 5.82 Å². The predicted molar refractivity (Wildman–Crippen MR) is 50.2 cm³/mol. The van der Waals surface area contributed by atoms with E-state index in [0.717, 1.165) is 0 Å². The standard InChI is InChI=1S/C10H8FNO2/c1-14-10-8(5-13)7-4-6(11)2-3-9(7)12-10/h2-5,12H,1H3. The Hall–Kier alpha value is -1.84. The number of H-pyrrole nitrogens is 1. The largest absolute Gasteiger partial charge is 0.482 e. The molecule has 0 saturated heterocycles. The first-order chi connectivity index (χ1) is 6.76. The van der Waals surface area contributed by atoms with Crippen LogP contribution in [-0.4, -0.2) is 18.4 Å². The summed E-state index contributed by atoms with van der Waals surface area (Å²) in [4.78, 5) is 13.6. The zero-order valence-electron chi connectivity index (χ0n) is 7.50. The van der Waals surface area contributed by atoms with Crippen molar-refractivity contribution in [3.05, 3.63) is 29.6 Å². The number of benzene rings is 1. The summed E-state index contributed by atoms with van der Waals surface area (Å²) in [6, 6.07) is 4.20. The molecule has 0 bridgehead atoms. The minimum absolute atomic E-state index is 0.349. The Morgan fingerprint density at radius 1 is 1.50 bits per heavy atom. The number of aromatic nitrogens is 1. The van der Waals surface area contributed by atoms with Gasteiger partial charge in [-0.25, -0.2) is 4.39 Å². The molecule has 1 N–H and O–H groups in total. The third-order valence-electron chi connectivity index (χ3n) is 2.09. The van der Waals surface area contributed by atoms with E-state index in [4.69, 9.17) is 4.74 Å². The number of carbonyl (C=O) groups is 1. The third kappa shape index (κ3) is 1.16. The van der Waals surface area contributed by atoms with Gasteiger partial charge in [-0.2, -0.15) is 0 Å². The highest BCUT2D eigenvalue weighted by Gasteiger charge is 2.11. The quantitative estimate of drug-likeness (QED) is 0.742. The first-order valence-corrected chi connectivity index (χ1v) is 4.06. The molecule has 0 fully saturated rings. The molecule has 2 rings (SSSR count). The Labute approximate surface area is 79.5 Å².